The van der Waals surface area contributed by atoms with E-state index in [1.807, 2.05) is 12.1 Å². The van der Waals surface area contributed by atoms with E-state index in [1.165, 1.54) is 26.8 Å². The number of hydrogen-bond acceptors (Lipinski definition) is 18. The van der Waals surface area contributed by atoms with Crippen LogP contribution >= 0.6 is 11.8 Å². The predicted octanol–water partition coefficient (Wildman–Crippen LogP) is -2.62. The molecule has 3 heterocycles. The summed E-state index contributed by atoms with van der Waals surface area (Å²) in [6.07, 6.45) is 10.5. The highest BCUT2D eigenvalue weighted by molar-refractivity contribution is 7.99. The van der Waals surface area contributed by atoms with Crippen molar-refractivity contribution in [2.24, 2.45) is 5.11 Å². The second kappa shape index (κ2) is 31.6. The van der Waals surface area contributed by atoms with Gasteiger partial charge in [-0.05, 0) is 43.3 Å². The van der Waals surface area contributed by atoms with Gasteiger partial charge in [0, 0.05) is 91.4 Å². The molecular weight excluding hydrogens is 971 g/mol. The van der Waals surface area contributed by atoms with Gasteiger partial charge in [0.15, 0.2) is 36.2 Å². The average molecular weight is 1030 g/mol. The number of thioether (sulfide) groups is 1. The van der Waals surface area contributed by atoms with Crippen LogP contribution in [0.15, 0.2) is 96.4 Å². The third-order valence-corrected chi connectivity index (χ3v) is 11.1. The van der Waals surface area contributed by atoms with Crippen molar-refractivity contribution in [3.8, 4) is 11.5 Å². The number of aliphatic hydroxyl groups excluding tert-OH is 2. The molecule has 11 N–H and O–H groups in total. The Bertz CT molecular complexity index is 2550. The first-order chi connectivity index (χ1) is 35.5. The summed E-state index contributed by atoms with van der Waals surface area (Å²) in [6.45, 7) is 5.31. The lowest BCUT2D eigenvalue weighted by Gasteiger charge is -2.26. The number of ether oxygens (including phenoxy) is 4. The van der Waals surface area contributed by atoms with Crippen LogP contribution in [0.1, 0.15) is 22.3 Å². The van der Waals surface area contributed by atoms with E-state index >= 15 is 0 Å². The molecule has 390 valence electrons. The summed E-state index contributed by atoms with van der Waals surface area (Å²) in [6, 6.07) is 16.9. The van der Waals surface area contributed by atoms with Crippen LogP contribution in [0, 0.1) is 0 Å². The van der Waals surface area contributed by atoms with Gasteiger partial charge >= 0.3 is 30.0 Å². The number of nitrogens with zero attached hydrogens (tertiary/aromatic N) is 4. The molecule has 1 fully saturated rings. The minimum atomic E-state index is -0.938. The Labute approximate surface area is 425 Å². The molecule has 0 spiro atoms. The minimum absolute atomic E-state index is 0.0474. The number of hydrazine groups is 1. The van der Waals surface area contributed by atoms with Crippen LogP contribution in [0.4, 0.5) is 22.7 Å². The van der Waals surface area contributed by atoms with E-state index in [0.29, 0.717) is 73.4 Å². The van der Waals surface area contributed by atoms with Crippen LogP contribution in [-0.2, 0) is 46.8 Å². The second-order valence-corrected chi connectivity index (χ2v) is 16.7. The van der Waals surface area contributed by atoms with E-state index in [9.17, 15) is 29.1 Å². The fourth-order valence-electron chi connectivity index (χ4n) is 6.50. The van der Waals surface area contributed by atoms with Crippen molar-refractivity contribution in [2.75, 3.05) is 102 Å². The Hall–Kier alpha value is -7.75. The van der Waals surface area contributed by atoms with Crippen LogP contribution in [0.2, 0.25) is 0 Å². The van der Waals surface area contributed by atoms with E-state index in [0.717, 1.165) is 31.0 Å². The number of azo groups is 1. The molecule has 0 aliphatic carbocycles. The lowest BCUT2D eigenvalue weighted by atomic mass is 10.2. The Kier molecular flexibility index (Phi) is 24.3. The molecule has 0 bridgehead atoms. The maximum absolute atomic E-state index is 12.8. The zero-order valence-corrected chi connectivity index (χ0v) is 41.3. The Morgan fingerprint density at radius 3 is 2.48 bits per heavy atom. The molecule has 2 aromatic heterocycles. The molecule has 0 saturated carbocycles. The molecule has 0 atom stereocenters. The maximum Gasteiger partial charge on any atom is 0.499 e. The lowest BCUT2D eigenvalue weighted by Crippen LogP contribution is -2.75. The molecule has 1 aliphatic rings. The van der Waals surface area contributed by atoms with Crippen molar-refractivity contribution in [2.45, 2.75) is 19.8 Å². The van der Waals surface area contributed by atoms with Crippen molar-refractivity contribution < 1.29 is 77.2 Å². The number of benzene rings is 2. The summed E-state index contributed by atoms with van der Waals surface area (Å²) in [5, 5.41) is 36.4. The van der Waals surface area contributed by atoms with Crippen molar-refractivity contribution in [3.05, 3.63) is 102 Å². The number of anilines is 2. The van der Waals surface area contributed by atoms with Gasteiger partial charge in [-0.25, -0.2) is 10.3 Å². The van der Waals surface area contributed by atoms with E-state index < -0.39 is 23.6 Å². The Morgan fingerprint density at radius 1 is 0.877 bits per heavy atom. The van der Waals surface area contributed by atoms with E-state index in [4.69, 9.17) is 28.9 Å². The zero-order chi connectivity index (χ0) is 52.0. The van der Waals surface area contributed by atoms with Crippen LogP contribution in [-0.4, -0.2) is 142 Å². The summed E-state index contributed by atoms with van der Waals surface area (Å²) in [4.78, 5) is 71.9. The summed E-state index contributed by atoms with van der Waals surface area (Å²) in [7, 11) is 2.88. The van der Waals surface area contributed by atoms with Crippen LogP contribution < -0.4 is 66.3 Å². The van der Waals surface area contributed by atoms with Crippen molar-refractivity contribution in [3.63, 3.8) is 0 Å². The van der Waals surface area contributed by atoms with Gasteiger partial charge in [-0.3, -0.25) is 39.8 Å². The van der Waals surface area contributed by atoms with Gasteiger partial charge in [0.2, 0.25) is 11.9 Å². The number of hydroxylamine groups is 1. The third kappa shape index (κ3) is 20.5. The Balaban J connectivity index is 0.935. The molecule has 26 heteroatoms. The van der Waals surface area contributed by atoms with Gasteiger partial charge in [0.05, 0.1) is 52.4 Å². The fourth-order valence-corrected chi connectivity index (χ4v) is 7.17. The number of aliphatic hydroxyl groups is 2. The smallest absolute Gasteiger partial charge is 0.494 e. The molecular formula is C47H63N13O12S+4. The van der Waals surface area contributed by atoms with Crippen LogP contribution in [0.25, 0.3) is 6.20 Å². The number of carbonyl (C=O) groups excluding carboxylic acids is 5. The van der Waals surface area contributed by atoms with Crippen molar-refractivity contribution >= 4 is 76.6 Å². The second-order valence-electron chi connectivity index (χ2n) is 15.5. The van der Waals surface area contributed by atoms with Crippen LogP contribution in [0.5, 0.6) is 11.5 Å². The minimum Gasteiger partial charge on any atom is -0.494 e. The summed E-state index contributed by atoms with van der Waals surface area (Å²) in [5.41, 5.74) is 10.9. The number of amides is 5. The predicted molar refractivity (Wildman–Crippen MR) is 265 cm³/mol. The quantitative estimate of drug-likeness (QED) is 0.00406. The molecule has 0 radical (unpaired) electrons. The molecule has 4 aromatic rings. The third-order valence-electron chi connectivity index (χ3n) is 10.1. The normalized spacial score (nSPS) is 12.8. The molecule has 25 nitrogen and oxygen atoms in total. The van der Waals surface area contributed by atoms with Gasteiger partial charge in [-0.1, -0.05) is 5.11 Å². The zero-order valence-electron chi connectivity index (χ0n) is 40.5. The molecule has 1 saturated heterocycles. The van der Waals surface area contributed by atoms with Gasteiger partial charge < -0.3 is 50.4 Å². The van der Waals surface area contributed by atoms with Crippen molar-refractivity contribution in [1.82, 2.24) is 31.8 Å². The molecule has 5 amide bonds. The van der Waals surface area contributed by atoms with Crippen molar-refractivity contribution in [1.29, 1.82) is 0 Å². The summed E-state index contributed by atoms with van der Waals surface area (Å²) < 4.78 is 25.1. The Morgan fingerprint density at radius 2 is 1.67 bits per heavy atom. The standard InChI is InChI=1S/C47H59N13O12S/c1-68-40-26-36(8-10-38(40)54-57-47(67)45(65)49-13-21-61)51-32-71-33-60-17-4-7-35(29-60)43(63)50-14-24-73-25-15-52-72-31-34-6-3-16-59(28-34)30-42(62)53-37-9-11-39(41(27-37)69-2)55-56-46(66)44(64)48-12-5-18-58-19-22-70-23-20-58/h3-4,6-11,16-17,26-30,32,52,61H,5,12-15,18-25,31,33H2,1-2H3,(H5-2,48,49,50,53,54,55,56,57,62,63,64,65,66,67)/p+4/b42-30+,51-32?. The SMILES string of the molecule is COc1cc(N/C(O)=C\[n+]2cccc(CONCCSCCNC(=O)c3ccc[n+](COC=[NH+]c4ccc(NNC(=O)C(=O)NCCO)c(OC)c4)c3)c2)ccc1N=[NH+]C(=O)C(=O)NCCCN1CCOCC1. The number of carbonyl (C=O) groups is 5. The number of nitrogens with one attached hydrogen (secondary N) is 9. The fraction of sp³-hybridized carbons (Fsp3) is 0.362. The highest BCUT2D eigenvalue weighted by Crippen LogP contribution is 2.30. The number of pyridine rings is 2. The number of morpholine rings is 1. The highest BCUT2D eigenvalue weighted by atomic mass is 32.2. The number of methoxy groups -OCH3 is 2. The topological polar surface area (TPSA) is 307 Å². The largest absolute Gasteiger partial charge is 0.499 e. The number of rotatable bonds is 28. The van der Waals surface area contributed by atoms with E-state index in [-0.39, 0.29) is 49.7 Å². The molecule has 2 aromatic carbocycles. The first kappa shape index (κ1) is 56.2. The molecule has 73 heavy (non-hydrogen) atoms. The van der Waals surface area contributed by atoms with E-state index in [2.05, 4.69) is 57.7 Å². The van der Waals surface area contributed by atoms with E-state index in [1.54, 1.807) is 94.2 Å². The molecule has 0 unspecified atom stereocenters. The van der Waals surface area contributed by atoms with Gasteiger partial charge in [0.1, 0.15) is 11.3 Å². The number of hydrogen-bond donors (Lipinski definition) is 11. The highest BCUT2D eigenvalue weighted by Gasteiger charge is 2.21. The monoisotopic (exact) mass is 1030 g/mol. The molecule has 5 rings (SSSR count). The first-order valence-corrected chi connectivity index (χ1v) is 24.2. The number of aromatic nitrogens is 2. The average Bonchev–Trinajstić information content (AvgIpc) is 3.41. The summed E-state index contributed by atoms with van der Waals surface area (Å²) in [5.74, 6) is -1.84. The van der Waals surface area contributed by atoms with Gasteiger partial charge in [-0.15, -0.1) is 0 Å². The van der Waals surface area contributed by atoms with Gasteiger partial charge in [-0.2, -0.15) is 25.9 Å². The first-order valence-electron chi connectivity index (χ1n) is 23.0. The summed E-state index contributed by atoms with van der Waals surface area (Å²) >= 11 is 1.65. The maximum atomic E-state index is 12.8. The van der Waals surface area contributed by atoms with Crippen LogP contribution in [0.3, 0.4) is 0 Å². The molecule has 1 aliphatic heterocycles. The lowest BCUT2D eigenvalue weighted by molar-refractivity contribution is -0.727. The van der Waals surface area contributed by atoms with Gasteiger partial charge in [0.25, 0.3) is 18.5 Å².